The Hall–Kier alpha value is -2.69. The number of nitrogens with zero attached hydrogens (tertiary/aromatic N) is 2. The zero-order valence-electron chi connectivity index (χ0n) is 11.6. The van der Waals surface area contributed by atoms with Crippen LogP contribution in [0.25, 0.3) is 0 Å². The summed E-state index contributed by atoms with van der Waals surface area (Å²) in [7, 11) is 1.43. The van der Waals surface area contributed by atoms with Crippen molar-refractivity contribution in [3.63, 3.8) is 0 Å². The van der Waals surface area contributed by atoms with Crippen LogP contribution >= 0.6 is 0 Å². The number of nitro benzene ring substituents is 1. The molecular formula is C16H14N2O3. The maximum atomic E-state index is 11.1. The number of hydrogen-bond donors (Lipinski definition) is 0. The second-order valence-corrected chi connectivity index (χ2v) is 4.78. The van der Waals surface area contributed by atoms with E-state index in [-0.39, 0.29) is 11.4 Å². The van der Waals surface area contributed by atoms with Gasteiger partial charge in [-0.05, 0) is 24.1 Å². The molecule has 2 aromatic rings. The van der Waals surface area contributed by atoms with Crippen molar-refractivity contribution in [3.8, 4) is 5.75 Å². The van der Waals surface area contributed by atoms with Crippen molar-refractivity contribution >= 4 is 11.4 Å². The SMILES string of the molecule is COc1ccc(C2=NCCc3ccccc32)cc1[N+](=O)[O-]. The van der Waals surface area contributed by atoms with Crippen molar-refractivity contribution in [3.05, 3.63) is 69.3 Å². The van der Waals surface area contributed by atoms with Crippen LogP contribution in [-0.2, 0) is 6.42 Å². The predicted octanol–water partition coefficient (Wildman–Crippen LogP) is 3.00. The third-order valence-electron chi connectivity index (χ3n) is 3.57. The van der Waals surface area contributed by atoms with Crippen LogP contribution in [-0.4, -0.2) is 24.3 Å². The molecule has 0 unspecified atom stereocenters. The van der Waals surface area contributed by atoms with Gasteiger partial charge >= 0.3 is 5.69 Å². The maximum absolute atomic E-state index is 11.1. The molecule has 0 bridgehead atoms. The molecule has 1 heterocycles. The van der Waals surface area contributed by atoms with Crippen LogP contribution in [0.3, 0.4) is 0 Å². The predicted molar refractivity (Wildman–Crippen MR) is 80.3 cm³/mol. The molecule has 0 fully saturated rings. The number of rotatable bonds is 3. The molecule has 1 aliphatic rings. The lowest BCUT2D eigenvalue weighted by molar-refractivity contribution is -0.385. The van der Waals surface area contributed by atoms with Crippen molar-refractivity contribution in [2.24, 2.45) is 4.99 Å². The molecule has 3 rings (SSSR count). The maximum Gasteiger partial charge on any atom is 0.311 e. The Morgan fingerprint density at radius 3 is 2.81 bits per heavy atom. The Morgan fingerprint density at radius 1 is 1.24 bits per heavy atom. The van der Waals surface area contributed by atoms with Crippen LogP contribution < -0.4 is 4.74 Å². The molecule has 21 heavy (non-hydrogen) atoms. The van der Waals surface area contributed by atoms with E-state index < -0.39 is 4.92 Å². The summed E-state index contributed by atoms with van der Waals surface area (Å²) in [5.41, 5.74) is 3.78. The smallest absolute Gasteiger partial charge is 0.311 e. The van der Waals surface area contributed by atoms with E-state index in [1.807, 2.05) is 24.3 Å². The molecule has 0 aromatic heterocycles. The molecule has 0 amide bonds. The van der Waals surface area contributed by atoms with E-state index in [1.165, 1.54) is 18.7 Å². The van der Waals surface area contributed by atoms with Gasteiger partial charge in [0.05, 0.1) is 17.7 Å². The molecule has 106 valence electrons. The highest BCUT2D eigenvalue weighted by molar-refractivity contribution is 6.14. The summed E-state index contributed by atoms with van der Waals surface area (Å²) in [4.78, 5) is 15.3. The first-order chi connectivity index (χ1) is 10.2. The fourth-order valence-electron chi connectivity index (χ4n) is 2.57. The van der Waals surface area contributed by atoms with E-state index in [4.69, 9.17) is 4.74 Å². The highest BCUT2D eigenvalue weighted by atomic mass is 16.6. The van der Waals surface area contributed by atoms with Crippen LogP contribution in [0, 0.1) is 10.1 Å². The average molecular weight is 282 g/mol. The van der Waals surface area contributed by atoms with Gasteiger partial charge in [-0.3, -0.25) is 15.1 Å². The summed E-state index contributed by atoms with van der Waals surface area (Å²) >= 11 is 0. The average Bonchev–Trinajstić information content (AvgIpc) is 2.53. The van der Waals surface area contributed by atoms with Gasteiger partial charge in [-0.25, -0.2) is 0 Å². The summed E-state index contributed by atoms with van der Waals surface area (Å²) in [6.07, 6.45) is 0.901. The Labute approximate surface area is 122 Å². The third-order valence-corrected chi connectivity index (χ3v) is 3.57. The first kappa shape index (κ1) is 13.3. The Balaban J connectivity index is 2.11. The first-order valence-electron chi connectivity index (χ1n) is 6.66. The van der Waals surface area contributed by atoms with Gasteiger partial charge in [0.15, 0.2) is 5.75 Å². The van der Waals surface area contributed by atoms with Gasteiger partial charge in [-0.2, -0.15) is 0 Å². The topological polar surface area (TPSA) is 64.7 Å². The lowest BCUT2D eigenvalue weighted by Gasteiger charge is -2.17. The molecule has 5 nitrogen and oxygen atoms in total. The number of fused-ring (bicyclic) bond motifs is 1. The van der Waals surface area contributed by atoms with Crippen molar-refractivity contribution in [2.75, 3.05) is 13.7 Å². The van der Waals surface area contributed by atoms with Gasteiger partial charge in [-0.1, -0.05) is 24.3 Å². The zero-order chi connectivity index (χ0) is 14.8. The van der Waals surface area contributed by atoms with Gasteiger partial charge in [0.25, 0.3) is 0 Å². The number of methoxy groups -OCH3 is 1. The molecule has 5 heteroatoms. The number of hydrogen-bond acceptors (Lipinski definition) is 4. The number of benzene rings is 2. The minimum absolute atomic E-state index is 0.0410. The summed E-state index contributed by atoms with van der Waals surface area (Å²) < 4.78 is 5.04. The lowest BCUT2D eigenvalue weighted by atomic mass is 9.93. The molecule has 0 saturated heterocycles. The molecule has 0 spiro atoms. The molecule has 1 aliphatic heterocycles. The summed E-state index contributed by atoms with van der Waals surface area (Å²) in [5, 5.41) is 11.1. The van der Waals surface area contributed by atoms with Gasteiger partial charge in [0, 0.05) is 23.7 Å². The fourth-order valence-corrected chi connectivity index (χ4v) is 2.57. The number of aliphatic imine (C=N–C) groups is 1. The van der Waals surface area contributed by atoms with E-state index in [0.29, 0.717) is 6.54 Å². The van der Waals surface area contributed by atoms with Crippen molar-refractivity contribution in [1.29, 1.82) is 0 Å². The number of ether oxygens (including phenoxy) is 1. The summed E-state index contributed by atoms with van der Waals surface area (Å²) in [5.74, 6) is 0.258. The van der Waals surface area contributed by atoms with E-state index >= 15 is 0 Å². The highest BCUT2D eigenvalue weighted by Crippen LogP contribution is 2.30. The van der Waals surface area contributed by atoms with Crippen LogP contribution in [0.1, 0.15) is 16.7 Å². The van der Waals surface area contributed by atoms with Gasteiger partial charge < -0.3 is 4.74 Å². The lowest BCUT2D eigenvalue weighted by Crippen LogP contribution is -2.14. The van der Waals surface area contributed by atoms with Crippen LogP contribution in [0.5, 0.6) is 5.75 Å². The molecular weight excluding hydrogens is 268 g/mol. The first-order valence-corrected chi connectivity index (χ1v) is 6.66. The van der Waals surface area contributed by atoms with Gasteiger partial charge in [0.1, 0.15) is 0 Å². The summed E-state index contributed by atoms with van der Waals surface area (Å²) in [6, 6.07) is 13.0. The van der Waals surface area contributed by atoms with E-state index in [9.17, 15) is 10.1 Å². The fraction of sp³-hybridized carbons (Fsp3) is 0.188. The minimum Gasteiger partial charge on any atom is -0.490 e. The van der Waals surface area contributed by atoms with Gasteiger partial charge in [-0.15, -0.1) is 0 Å². The molecule has 0 saturated carbocycles. The normalized spacial score (nSPS) is 13.3. The largest absolute Gasteiger partial charge is 0.490 e. The second kappa shape index (κ2) is 5.36. The monoisotopic (exact) mass is 282 g/mol. The molecule has 0 atom stereocenters. The quantitative estimate of drug-likeness (QED) is 0.642. The molecule has 2 aromatic carbocycles. The standard InChI is InChI=1S/C16H14N2O3/c1-21-15-7-6-12(10-14(15)18(19)20)16-13-5-3-2-4-11(13)8-9-17-16/h2-7,10H,8-9H2,1H3. The van der Waals surface area contributed by atoms with E-state index in [0.717, 1.165) is 23.3 Å². The molecule has 0 N–H and O–H groups in total. The Morgan fingerprint density at radius 2 is 2.05 bits per heavy atom. The zero-order valence-corrected chi connectivity index (χ0v) is 11.6. The van der Waals surface area contributed by atoms with E-state index in [1.54, 1.807) is 6.07 Å². The van der Waals surface area contributed by atoms with Crippen molar-refractivity contribution in [1.82, 2.24) is 0 Å². The highest BCUT2D eigenvalue weighted by Gasteiger charge is 2.20. The molecule has 0 aliphatic carbocycles. The van der Waals surface area contributed by atoms with Gasteiger partial charge in [0.2, 0.25) is 0 Å². The Kier molecular flexibility index (Phi) is 3.39. The van der Waals surface area contributed by atoms with E-state index in [2.05, 4.69) is 11.1 Å². The van der Waals surface area contributed by atoms with Crippen LogP contribution in [0.2, 0.25) is 0 Å². The van der Waals surface area contributed by atoms with Crippen molar-refractivity contribution in [2.45, 2.75) is 6.42 Å². The van der Waals surface area contributed by atoms with Crippen molar-refractivity contribution < 1.29 is 9.66 Å². The third kappa shape index (κ3) is 2.38. The second-order valence-electron chi connectivity index (χ2n) is 4.78. The summed E-state index contributed by atoms with van der Waals surface area (Å²) in [6.45, 7) is 0.701. The van der Waals surface area contributed by atoms with Crippen LogP contribution in [0.15, 0.2) is 47.5 Å². The minimum atomic E-state index is -0.433. The Bertz CT molecular complexity index is 738. The molecule has 0 radical (unpaired) electrons. The number of nitro groups is 1. The van der Waals surface area contributed by atoms with Crippen LogP contribution in [0.4, 0.5) is 5.69 Å².